The third-order valence-corrected chi connectivity index (χ3v) is 4.35. The van der Waals surface area contributed by atoms with E-state index in [4.69, 9.17) is 9.47 Å². The van der Waals surface area contributed by atoms with Crippen LogP contribution in [-0.2, 0) is 19.1 Å². The van der Waals surface area contributed by atoms with Gasteiger partial charge in [-0.25, -0.2) is 0 Å². The summed E-state index contributed by atoms with van der Waals surface area (Å²) in [5.74, 6) is -0.360. The van der Waals surface area contributed by atoms with Gasteiger partial charge in [-0.3, -0.25) is 9.59 Å². The Morgan fingerprint density at radius 2 is 1.46 bits per heavy atom. The third kappa shape index (κ3) is 19.0. The Balaban J connectivity index is 3.61. The van der Waals surface area contributed by atoms with E-state index in [-0.39, 0.29) is 18.0 Å². The predicted octanol–water partition coefficient (Wildman–Crippen LogP) is 6.13. The molecule has 0 bridgehead atoms. The maximum absolute atomic E-state index is 11.2. The summed E-state index contributed by atoms with van der Waals surface area (Å²) >= 11 is 0. The minimum Gasteiger partial charge on any atom is -0.466 e. The normalized spacial score (nSPS) is 12.3. The lowest BCUT2D eigenvalue weighted by Crippen LogP contribution is -2.15. The molecule has 0 heterocycles. The SMILES string of the molecule is CCCCCCC(CC=CCCCCCCCCOC(C)=O)OC(C)=O. The molecule has 0 saturated heterocycles. The zero-order chi connectivity index (χ0) is 19.5. The highest BCUT2D eigenvalue weighted by Crippen LogP contribution is 2.13. The molecule has 0 rings (SSSR count). The van der Waals surface area contributed by atoms with Gasteiger partial charge in [0.25, 0.3) is 0 Å². The number of carbonyl (C=O) groups excluding carboxylic acids is 2. The van der Waals surface area contributed by atoms with Gasteiger partial charge in [0.2, 0.25) is 0 Å². The van der Waals surface area contributed by atoms with E-state index in [1.807, 2.05) is 0 Å². The van der Waals surface area contributed by atoms with Gasteiger partial charge in [-0.2, -0.15) is 0 Å². The summed E-state index contributed by atoms with van der Waals surface area (Å²) in [5, 5.41) is 0. The molecule has 1 atom stereocenters. The van der Waals surface area contributed by atoms with E-state index >= 15 is 0 Å². The van der Waals surface area contributed by atoms with Crippen LogP contribution < -0.4 is 0 Å². The average Bonchev–Trinajstić information content (AvgIpc) is 2.58. The monoisotopic (exact) mass is 368 g/mol. The molecule has 0 aromatic rings. The molecule has 152 valence electrons. The molecule has 0 radical (unpaired) electrons. The van der Waals surface area contributed by atoms with Gasteiger partial charge in [0, 0.05) is 20.3 Å². The molecule has 0 aliphatic heterocycles. The van der Waals surface area contributed by atoms with Crippen LogP contribution >= 0.6 is 0 Å². The van der Waals surface area contributed by atoms with Crippen molar-refractivity contribution in [1.29, 1.82) is 0 Å². The fourth-order valence-electron chi connectivity index (χ4n) is 2.91. The molecule has 4 nitrogen and oxygen atoms in total. The molecular formula is C22H40O4. The molecule has 0 N–H and O–H groups in total. The van der Waals surface area contributed by atoms with E-state index in [2.05, 4.69) is 19.1 Å². The summed E-state index contributed by atoms with van der Waals surface area (Å²) in [7, 11) is 0. The van der Waals surface area contributed by atoms with E-state index in [1.54, 1.807) is 0 Å². The van der Waals surface area contributed by atoms with Crippen molar-refractivity contribution < 1.29 is 19.1 Å². The van der Waals surface area contributed by atoms with Crippen LogP contribution in [-0.4, -0.2) is 24.6 Å². The second-order valence-electron chi connectivity index (χ2n) is 7.04. The summed E-state index contributed by atoms with van der Waals surface area (Å²) in [5.41, 5.74) is 0. The van der Waals surface area contributed by atoms with Crippen molar-refractivity contribution in [3.05, 3.63) is 12.2 Å². The molecule has 26 heavy (non-hydrogen) atoms. The Bertz CT molecular complexity index is 376. The van der Waals surface area contributed by atoms with E-state index in [0.29, 0.717) is 6.61 Å². The molecule has 0 aliphatic rings. The zero-order valence-corrected chi connectivity index (χ0v) is 17.3. The fourth-order valence-corrected chi connectivity index (χ4v) is 2.91. The standard InChI is InChI=1S/C22H40O4/c1-4-5-6-14-17-22(26-21(3)24)18-15-12-10-8-7-9-11-13-16-19-25-20(2)23/h12,15,22H,4-11,13-14,16-19H2,1-3H3. The van der Waals surface area contributed by atoms with Crippen LogP contribution in [0.3, 0.4) is 0 Å². The molecule has 0 amide bonds. The molecule has 0 aromatic carbocycles. The Hall–Kier alpha value is -1.32. The van der Waals surface area contributed by atoms with Crippen molar-refractivity contribution in [2.45, 2.75) is 110 Å². The summed E-state index contributed by atoms with van der Waals surface area (Å²) in [4.78, 5) is 21.8. The van der Waals surface area contributed by atoms with E-state index < -0.39 is 0 Å². The van der Waals surface area contributed by atoms with Gasteiger partial charge in [0.05, 0.1) is 6.61 Å². The Morgan fingerprint density at radius 3 is 2.12 bits per heavy atom. The zero-order valence-electron chi connectivity index (χ0n) is 17.3. The van der Waals surface area contributed by atoms with Crippen LogP contribution in [0.5, 0.6) is 0 Å². The molecule has 1 unspecified atom stereocenters. The van der Waals surface area contributed by atoms with Gasteiger partial charge >= 0.3 is 11.9 Å². The van der Waals surface area contributed by atoms with Gasteiger partial charge in [-0.05, 0) is 32.1 Å². The molecular weight excluding hydrogens is 328 g/mol. The second kappa shape index (κ2) is 18.5. The fraction of sp³-hybridized carbons (Fsp3) is 0.818. The molecule has 0 aliphatic carbocycles. The first-order valence-electron chi connectivity index (χ1n) is 10.5. The average molecular weight is 369 g/mol. The van der Waals surface area contributed by atoms with Gasteiger partial charge < -0.3 is 9.47 Å². The number of ether oxygens (including phenoxy) is 2. The lowest BCUT2D eigenvalue weighted by atomic mass is 10.1. The molecule has 0 spiro atoms. The quantitative estimate of drug-likeness (QED) is 0.176. The minimum absolute atomic E-state index is 0.0397. The van der Waals surface area contributed by atoms with Crippen LogP contribution in [0.2, 0.25) is 0 Å². The smallest absolute Gasteiger partial charge is 0.302 e. The molecule has 0 aromatic heterocycles. The summed E-state index contributed by atoms with van der Waals surface area (Å²) in [6, 6.07) is 0. The van der Waals surface area contributed by atoms with Crippen LogP contribution in [0.25, 0.3) is 0 Å². The molecule has 0 saturated carbocycles. The first-order chi connectivity index (χ1) is 12.6. The highest BCUT2D eigenvalue weighted by atomic mass is 16.5. The van der Waals surface area contributed by atoms with Gasteiger partial charge in [0.1, 0.15) is 6.10 Å². The van der Waals surface area contributed by atoms with Crippen LogP contribution in [0.1, 0.15) is 104 Å². The first kappa shape index (κ1) is 24.7. The topological polar surface area (TPSA) is 52.6 Å². The number of esters is 2. The Morgan fingerprint density at radius 1 is 0.808 bits per heavy atom. The number of hydrogen-bond donors (Lipinski definition) is 0. The lowest BCUT2D eigenvalue weighted by Gasteiger charge is -2.15. The first-order valence-corrected chi connectivity index (χ1v) is 10.5. The summed E-state index contributed by atoms with van der Waals surface area (Å²) in [6.07, 6.45) is 19.2. The van der Waals surface area contributed by atoms with Gasteiger partial charge in [-0.1, -0.05) is 64.0 Å². The second-order valence-corrected chi connectivity index (χ2v) is 7.04. The van der Waals surface area contributed by atoms with Crippen molar-refractivity contribution in [3.63, 3.8) is 0 Å². The van der Waals surface area contributed by atoms with Crippen LogP contribution in [0, 0.1) is 0 Å². The van der Waals surface area contributed by atoms with E-state index in [1.165, 1.54) is 58.8 Å². The Labute approximate surface area is 160 Å². The van der Waals surface area contributed by atoms with Crippen molar-refractivity contribution >= 4 is 11.9 Å². The van der Waals surface area contributed by atoms with E-state index in [9.17, 15) is 9.59 Å². The van der Waals surface area contributed by atoms with Crippen LogP contribution in [0.4, 0.5) is 0 Å². The highest BCUT2D eigenvalue weighted by molar-refractivity contribution is 5.66. The van der Waals surface area contributed by atoms with Gasteiger partial charge in [-0.15, -0.1) is 0 Å². The molecule has 4 heteroatoms. The van der Waals surface area contributed by atoms with Crippen molar-refractivity contribution in [2.75, 3.05) is 6.61 Å². The minimum atomic E-state index is -0.186. The van der Waals surface area contributed by atoms with Crippen molar-refractivity contribution in [3.8, 4) is 0 Å². The summed E-state index contributed by atoms with van der Waals surface area (Å²) in [6.45, 7) is 5.71. The number of rotatable bonds is 17. The summed E-state index contributed by atoms with van der Waals surface area (Å²) < 4.78 is 10.3. The largest absolute Gasteiger partial charge is 0.466 e. The number of hydrogen-bond acceptors (Lipinski definition) is 4. The number of unbranched alkanes of at least 4 members (excludes halogenated alkanes) is 9. The number of carbonyl (C=O) groups is 2. The van der Waals surface area contributed by atoms with E-state index in [0.717, 1.165) is 38.5 Å². The third-order valence-electron chi connectivity index (χ3n) is 4.35. The molecule has 0 fully saturated rings. The van der Waals surface area contributed by atoms with Crippen LogP contribution in [0.15, 0.2) is 12.2 Å². The lowest BCUT2D eigenvalue weighted by molar-refractivity contribution is -0.146. The number of allylic oxidation sites excluding steroid dienone is 1. The maximum Gasteiger partial charge on any atom is 0.302 e. The van der Waals surface area contributed by atoms with Crippen molar-refractivity contribution in [1.82, 2.24) is 0 Å². The van der Waals surface area contributed by atoms with Crippen molar-refractivity contribution in [2.24, 2.45) is 0 Å². The maximum atomic E-state index is 11.2. The highest BCUT2D eigenvalue weighted by Gasteiger charge is 2.09. The predicted molar refractivity (Wildman–Crippen MR) is 107 cm³/mol. The van der Waals surface area contributed by atoms with Gasteiger partial charge in [0.15, 0.2) is 0 Å². The Kier molecular flexibility index (Phi) is 17.5.